The summed E-state index contributed by atoms with van der Waals surface area (Å²) in [6, 6.07) is 8.43. The number of piperidine rings is 1. The van der Waals surface area contributed by atoms with Gasteiger partial charge in [-0.1, -0.05) is 30.7 Å². The molecular formula is C14H19NO. The summed E-state index contributed by atoms with van der Waals surface area (Å²) in [5.74, 6) is 0. The van der Waals surface area contributed by atoms with Gasteiger partial charge in [0.15, 0.2) is 0 Å². The Hall–Kier alpha value is -1.15. The van der Waals surface area contributed by atoms with Gasteiger partial charge in [-0.25, -0.2) is 0 Å². The molecule has 1 atom stereocenters. The van der Waals surface area contributed by atoms with Crippen LogP contribution < -0.4 is 0 Å². The Labute approximate surface area is 97.3 Å². The molecule has 2 heteroatoms. The Balaban J connectivity index is 2.06. The first-order valence-electron chi connectivity index (χ1n) is 6.10. The summed E-state index contributed by atoms with van der Waals surface area (Å²) in [4.78, 5) is 13.1. The number of nitrogens with zero attached hydrogens (tertiary/aromatic N) is 1. The molecule has 1 saturated heterocycles. The maximum Gasteiger partial charge on any atom is 0.150 e. The van der Waals surface area contributed by atoms with Crippen molar-refractivity contribution in [2.45, 2.75) is 32.2 Å². The minimum atomic E-state index is 0.473. The van der Waals surface area contributed by atoms with E-state index in [4.69, 9.17) is 0 Å². The summed E-state index contributed by atoms with van der Waals surface area (Å²) in [6.07, 6.45) is 4.90. The number of aldehydes is 1. The maximum absolute atomic E-state index is 10.6. The molecule has 1 aromatic rings. The van der Waals surface area contributed by atoms with Crippen LogP contribution in [-0.4, -0.2) is 24.3 Å². The average Bonchev–Trinajstić information content (AvgIpc) is 2.39. The van der Waals surface area contributed by atoms with Crippen LogP contribution in [0.25, 0.3) is 0 Å². The van der Waals surface area contributed by atoms with Crippen molar-refractivity contribution >= 4 is 6.29 Å². The van der Waals surface area contributed by atoms with E-state index < -0.39 is 0 Å². The first kappa shape index (κ1) is 11.3. The second kappa shape index (κ2) is 5.26. The molecule has 1 fully saturated rings. The zero-order valence-corrected chi connectivity index (χ0v) is 9.86. The molecule has 86 valence electrons. The van der Waals surface area contributed by atoms with Gasteiger partial charge in [-0.05, 0) is 38.4 Å². The Morgan fingerprint density at radius 1 is 1.12 bits per heavy atom. The van der Waals surface area contributed by atoms with Crippen molar-refractivity contribution in [3.05, 3.63) is 35.4 Å². The van der Waals surface area contributed by atoms with E-state index >= 15 is 0 Å². The van der Waals surface area contributed by atoms with Crippen molar-refractivity contribution in [3.63, 3.8) is 0 Å². The summed E-state index contributed by atoms with van der Waals surface area (Å²) in [5, 5.41) is 0. The molecule has 2 rings (SSSR count). The van der Waals surface area contributed by atoms with Gasteiger partial charge in [-0.15, -0.1) is 0 Å². The van der Waals surface area contributed by atoms with Crippen molar-refractivity contribution in [2.75, 3.05) is 13.1 Å². The van der Waals surface area contributed by atoms with Crippen LogP contribution in [-0.2, 0) is 0 Å². The number of likely N-dealkylation sites (tertiary alicyclic amines) is 1. The van der Waals surface area contributed by atoms with Gasteiger partial charge < -0.3 is 0 Å². The third kappa shape index (κ3) is 2.50. The monoisotopic (exact) mass is 217 g/mol. The quantitative estimate of drug-likeness (QED) is 0.725. The minimum Gasteiger partial charge on any atom is -0.298 e. The number of carbonyl (C=O) groups is 1. The number of benzene rings is 1. The van der Waals surface area contributed by atoms with Crippen molar-refractivity contribution in [3.8, 4) is 0 Å². The highest BCUT2D eigenvalue weighted by Crippen LogP contribution is 2.23. The van der Waals surface area contributed by atoms with Gasteiger partial charge in [0.1, 0.15) is 6.29 Å². The van der Waals surface area contributed by atoms with Crippen molar-refractivity contribution < 1.29 is 4.79 Å². The minimum absolute atomic E-state index is 0.473. The summed E-state index contributed by atoms with van der Waals surface area (Å²) in [6.45, 7) is 4.66. The summed E-state index contributed by atoms with van der Waals surface area (Å²) in [7, 11) is 0. The van der Waals surface area contributed by atoms with Crippen molar-refractivity contribution in [1.82, 2.24) is 4.90 Å². The van der Waals surface area contributed by atoms with Crippen molar-refractivity contribution in [1.29, 1.82) is 0 Å². The van der Waals surface area contributed by atoms with E-state index in [1.165, 1.54) is 37.9 Å². The van der Waals surface area contributed by atoms with E-state index in [2.05, 4.69) is 24.0 Å². The number of carbonyl (C=O) groups excluding carboxylic acids is 1. The van der Waals surface area contributed by atoms with Crippen LogP contribution in [0.15, 0.2) is 24.3 Å². The Kier molecular flexibility index (Phi) is 3.73. The molecule has 1 aromatic carbocycles. The lowest BCUT2D eigenvalue weighted by Crippen LogP contribution is -2.32. The zero-order chi connectivity index (χ0) is 11.4. The SMILES string of the molecule is CC(c1ccc(C=O)cc1)N1CCCCC1. The van der Waals surface area contributed by atoms with Crippen LogP contribution >= 0.6 is 0 Å². The molecule has 1 heterocycles. The molecule has 16 heavy (non-hydrogen) atoms. The van der Waals surface area contributed by atoms with Crippen LogP contribution in [0.2, 0.25) is 0 Å². The van der Waals surface area contributed by atoms with E-state index in [0.717, 1.165) is 11.8 Å². The number of rotatable bonds is 3. The van der Waals surface area contributed by atoms with E-state index in [1.807, 2.05) is 12.1 Å². The highest BCUT2D eigenvalue weighted by Gasteiger charge is 2.17. The molecule has 0 amide bonds. The highest BCUT2D eigenvalue weighted by molar-refractivity contribution is 5.74. The summed E-state index contributed by atoms with van der Waals surface area (Å²) < 4.78 is 0. The van der Waals surface area contributed by atoms with Crippen LogP contribution in [0.5, 0.6) is 0 Å². The van der Waals surface area contributed by atoms with Gasteiger partial charge in [0, 0.05) is 11.6 Å². The number of hydrogen-bond donors (Lipinski definition) is 0. The fourth-order valence-corrected chi connectivity index (χ4v) is 2.37. The fraction of sp³-hybridized carbons (Fsp3) is 0.500. The Morgan fingerprint density at radius 2 is 1.75 bits per heavy atom. The smallest absolute Gasteiger partial charge is 0.150 e. The van der Waals surface area contributed by atoms with E-state index in [-0.39, 0.29) is 0 Å². The van der Waals surface area contributed by atoms with Gasteiger partial charge in [0.25, 0.3) is 0 Å². The molecule has 1 aliphatic heterocycles. The molecule has 0 aromatic heterocycles. The van der Waals surface area contributed by atoms with Gasteiger partial charge in [-0.3, -0.25) is 9.69 Å². The molecule has 2 nitrogen and oxygen atoms in total. The molecule has 0 saturated carbocycles. The molecule has 0 radical (unpaired) electrons. The summed E-state index contributed by atoms with van der Waals surface area (Å²) in [5.41, 5.74) is 2.07. The molecule has 0 bridgehead atoms. The molecular weight excluding hydrogens is 198 g/mol. The van der Waals surface area contributed by atoms with E-state index in [0.29, 0.717) is 6.04 Å². The van der Waals surface area contributed by atoms with Crippen LogP contribution in [0, 0.1) is 0 Å². The lowest BCUT2D eigenvalue weighted by atomic mass is 10.0. The van der Waals surface area contributed by atoms with Crippen molar-refractivity contribution in [2.24, 2.45) is 0 Å². The van der Waals surface area contributed by atoms with Gasteiger partial charge in [0.05, 0.1) is 0 Å². The second-order valence-corrected chi connectivity index (χ2v) is 4.56. The zero-order valence-electron chi connectivity index (χ0n) is 9.86. The third-order valence-corrected chi connectivity index (χ3v) is 3.49. The lowest BCUT2D eigenvalue weighted by molar-refractivity contribution is 0.112. The first-order valence-corrected chi connectivity index (χ1v) is 6.10. The summed E-state index contributed by atoms with van der Waals surface area (Å²) >= 11 is 0. The molecule has 1 aliphatic rings. The van der Waals surface area contributed by atoms with Crippen LogP contribution in [0.3, 0.4) is 0 Å². The maximum atomic E-state index is 10.6. The second-order valence-electron chi connectivity index (χ2n) is 4.56. The standard InChI is InChI=1S/C14H19NO/c1-12(15-9-3-2-4-10-15)14-7-5-13(11-16)6-8-14/h5-8,11-12H,2-4,9-10H2,1H3. The predicted octanol–water partition coefficient (Wildman–Crippen LogP) is 3.05. The molecule has 0 aliphatic carbocycles. The molecule has 0 spiro atoms. The topological polar surface area (TPSA) is 20.3 Å². The van der Waals surface area contributed by atoms with Gasteiger partial charge in [0.2, 0.25) is 0 Å². The van der Waals surface area contributed by atoms with E-state index in [9.17, 15) is 4.79 Å². The Bertz CT molecular complexity index is 338. The molecule has 0 N–H and O–H groups in total. The van der Waals surface area contributed by atoms with Gasteiger partial charge >= 0.3 is 0 Å². The molecule has 1 unspecified atom stereocenters. The first-order chi connectivity index (χ1) is 7.81. The third-order valence-electron chi connectivity index (χ3n) is 3.49. The fourth-order valence-electron chi connectivity index (χ4n) is 2.37. The normalized spacial score (nSPS) is 19.3. The van der Waals surface area contributed by atoms with Gasteiger partial charge in [-0.2, -0.15) is 0 Å². The average molecular weight is 217 g/mol. The van der Waals surface area contributed by atoms with E-state index in [1.54, 1.807) is 0 Å². The Morgan fingerprint density at radius 3 is 2.31 bits per heavy atom. The lowest BCUT2D eigenvalue weighted by Gasteiger charge is -2.32. The van der Waals surface area contributed by atoms with Crippen LogP contribution in [0.4, 0.5) is 0 Å². The number of hydrogen-bond acceptors (Lipinski definition) is 2. The highest BCUT2D eigenvalue weighted by atomic mass is 16.1. The van der Waals surface area contributed by atoms with Crippen LogP contribution in [0.1, 0.15) is 48.1 Å². The largest absolute Gasteiger partial charge is 0.298 e. The predicted molar refractivity (Wildman–Crippen MR) is 65.7 cm³/mol.